The van der Waals surface area contributed by atoms with Gasteiger partial charge in [-0.2, -0.15) is 5.10 Å². The van der Waals surface area contributed by atoms with Gasteiger partial charge in [-0.15, -0.1) is 0 Å². The maximum atomic E-state index is 14.3. The van der Waals surface area contributed by atoms with Crippen molar-refractivity contribution < 1.29 is 8.78 Å². The van der Waals surface area contributed by atoms with Gasteiger partial charge in [0.2, 0.25) is 0 Å². The van der Waals surface area contributed by atoms with Gasteiger partial charge in [0, 0.05) is 44.4 Å². The summed E-state index contributed by atoms with van der Waals surface area (Å²) >= 11 is 0. The maximum absolute atomic E-state index is 14.3. The summed E-state index contributed by atoms with van der Waals surface area (Å²) in [5.74, 6) is 0.104. The van der Waals surface area contributed by atoms with Crippen molar-refractivity contribution in [2.75, 3.05) is 40.3 Å². The summed E-state index contributed by atoms with van der Waals surface area (Å²) in [7, 11) is 5.55. The fourth-order valence-electron chi connectivity index (χ4n) is 3.82. The van der Waals surface area contributed by atoms with Crippen molar-refractivity contribution in [1.29, 1.82) is 0 Å². The predicted molar refractivity (Wildman–Crippen MR) is 111 cm³/mol. The van der Waals surface area contributed by atoms with Gasteiger partial charge in [-0.05, 0) is 45.1 Å². The standard InChI is InChI=1S/C21H30F2N6/c1-5-24-21(29-10-9-15(14-29)16-11-26-28(4)13-16)25-12-19(27(2)3)20-17(22)7-6-8-18(20)23/h6-8,11,13,15,19H,5,9-10,12,14H2,1-4H3,(H,24,25). The molecular weight excluding hydrogens is 374 g/mol. The molecule has 0 saturated carbocycles. The third-order valence-electron chi connectivity index (χ3n) is 5.39. The Morgan fingerprint density at radius 3 is 2.66 bits per heavy atom. The molecule has 29 heavy (non-hydrogen) atoms. The van der Waals surface area contributed by atoms with Crippen molar-refractivity contribution in [3.63, 3.8) is 0 Å². The lowest BCUT2D eigenvalue weighted by atomic mass is 10.0. The average Bonchev–Trinajstić information content (AvgIpc) is 3.31. The Balaban J connectivity index is 1.77. The maximum Gasteiger partial charge on any atom is 0.194 e. The fraction of sp³-hybridized carbons (Fsp3) is 0.524. The van der Waals surface area contributed by atoms with Crippen molar-refractivity contribution in [3.05, 3.63) is 53.4 Å². The monoisotopic (exact) mass is 404 g/mol. The van der Waals surface area contributed by atoms with Crippen LogP contribution >= 0.6 is 0 Å². The molecule has 1 aliphatic heterocycles. The van der Waals surface area contributed by atoms with Crippen LogP contribution in [0.4, 0.5) is 8.78 Å². The number of halogens is 2. The van der Waals surface area contributed by atoms with E-state index in [0.29, 0.717) is 5.92 Å². The Hall–Kier alpha value is -2.48. The molecule has 0 amide bonds. The zero-order valence-corrected chi connectivity index (χ0v) is 17.6. The molecule has 1 N–H and O–H groups in total. The van der Waals surface area contributed by atoms with Gasteiger partial charge in [0.05, 0.1) is 18.8 Å². The first-order chi connectivity index (χ1) is 13.9. The van der Waals surface area contributed by atoms with E-state index in [1.807, 2.05) is 38.9 Å². The molecule has 1 aliphatic rings. The second-order valence-corrected chi connectivity index (χ2v) is 7.69. The number of rotatable bonds is 6. The number of hydrogen-bond donors (Lipinski definition) is 1. The highest BCUT2D eigenvalue weighted by Crippen LogP contribution is 2.28. The van der Waals surface area contributed by atoms with Gasteiger partial charge < -0.3 is 15.1 Å². The lowest BCUT2D eigenvalue weighted by Crippen LogP contribution is -2.40. The fourth-order valence-corrected chi connectivity index (χ4v) is 3.82. The van der Waals surface area contributed by atoms with Gasteiger partial charge in [0.15, 0.2) is 5.96 Å². The van der Waals surface area contributed by atoms with E-state index in [9.17, 15) is 8.78 Å². The highest BCUT2D eigenvalue weighted by Gasteiger charge is 2.28. The molecule has 0 spiro atoms. The number of guanidine groups is 1. The number of nitrogens with zero attached hydrogens (tertiary/aromatic N) is 5. The molecule has 2 unspecified atom stereocenters. The van der Waals surface area contributed by atoms with Crippen molar-refractivity contribution in [3.8, 4) is 0 Å². The number of likely N-dealkylation sites (tertiary alicyclic amines) is 1. The van der Waals surface area contributed by atoms with Crippen LogP contribution in [-0.4, -0.2) is 65.8 Å². The third kappa shape index (κ3) is 4.93. The Morgan fingerprint density at radius 2 is 2.07 bits per heavy atom. The van der Waals surface area contributed by atoms with E-state index in [0.717, 1.165) is 32.0 Å². The minimum absolute atomic E-state index is 0.0618. The van der Waals surface area contributed by atoms with Crippen LogP contribution in [0, 0.1) is 11.6 Å². The molecule has 6 nitrogen and oxygen atoms in total. The molecule has 0 radical (unpaired) electrons. The molecule has 0 bridgehead atoms. The SMILES string of the molecule is CCNC(=NCC(c1c(F)cccc1F)N(C)C)N1CCC(c2cnn(C)c2)C1. The van der Waals surface area contributed by atoms with Crippen LogP contribution in [0.2, 0.25) is 0 Å². The number of benzene rings is 1. The van der Waals surface area contributed by atoms with Gasteiger partial charge in [-0.1, -0.05) is 6.07 Å². The highest BCUT2D eigenvalue weighted by molar-refractivity contribution is 5.80. The molecule has 2 aromatic rings. The summed E-state index contributed by atoms with van der Waals surface area (Å²) in [6, 6.07) is 3.49. The van der Waals surface area contributed by atoms with Gasteiger partial charge in [0.25, 0.3) is 0 Å². The van der Waals surface area contributed by atoms with Crippen molar-refractivity contribution >= 4 is 5.96 Å². The quantitative estimate of drug-likeness (QED) is 0.594. The van der Waals surface area contributed by atoms with E-state index in [4.69, 9.17) is 4.99 Å². The van der Waals surface area contributed by atoms with Gasteiger partial charge in [-0.25, -0.2) is 8.78 Å². The molecule has 0 aliphatic carbocycles. The van der Waals surface area contributed by atoms with E-state index in [1.165, 1.54) is 23.8 Å². The van der Waals surface area contributed by atoms with Crippen LogP contribution in [-0.2, 0) is 7.05 Å². The van der Waals surface area contributed by atoms with E-state index in [-0.39, 0.29) is 12.1 Å². The van der Waals surface area contributed by atoms with Gasteiger partial charge in [-0.3, -0.25) is 9.67 Å². The zero-order valence-electron chi connectivity index (χ0n) is 17.6. The molecule has 2 atom stereocenters. The Morgan fingerprint density at radius 1 is 1.34 bits per heavy atom. The van der Waals surface area contributed by atoms with E-state index < -0.39 is 17.7 Å². The largest absolute Gasteiger partial charge is 0.357 e. The number of hydrogen-bond acceptors (Lipinski definition) is 3. The third-order valence-corrected chi connectivity index (χ3v) is 5.39. The minimum atomic E-state index is -0.540. The Labute approximate surface area is 171 Å². The van der Waals surface area contributed by atoms with Crippen LogP contribution in [0.1, 0.15) is 36.4 Å². The zero-order chi connectivity index (χ0) is 21.0. The number of aryl methyl sites for hydroxylation is 1. The summed E-state index contributed by atoms with van der Waals surface area (Å²) in [5.41, 5.74) is 1.29. The first-order valence-corrected chi connectivity index (χ1v) is 10.0. The van der Waals surface area contributed by atoms with E-state index >= 15 is 0 Å². The molecule has 158 valence electrons. The highest BCUT2D eigenvalue weighted by atomic mass is 19.1. The van der Waals surface area contributed by atoms with Gasteiger partial charge >= 0.3 is 0 Å². The molecule has 8 heteroatoms. The number of aromatic nitrogens is 2. The second kappa shape index (κ2) is 9.35. The van der Waals surface area contributed by atoms with Crippen molar-refractivity contribution in [1.82, 2.24) is 24.9 Å². The molecule has 1 fully saturated rings. The summed E-state index contributed by atoms with van der Waals surface area (Å²) < 4.78 is 30.5. The second-order valence-electron chi connectivity index (χ2n) is 7.69. The van der Waals surface area contributed by atoms with Crippen molar-refractivity contribution in [2.45, 2.75) is 25.3 Å². The van der Waals surface area contributed by atoms with Crippen LogP contribution in [0.25, 0.3) is 0 Å². The summed E-state index contributed by atoms with van der Waals surface area (Å²) in [4.78, 5) is 8.76. The van der Waals surface area contributed by atoms with Crippen LogP contribution in [0.3, 0.4) is 0 Å². The Kier molecular flexibility index (Phi) is 6.84. The summed E-state index contributed by atoms with van der Waals surface area (Å²) in [5, 5.41) is 7.60. The molecule has 1 aromatic carbocycles. The van der Waals surface area contributed by atoms with Crippen molar-refractivity contribution in [2.24, 2.45) is 12.0 Å². The van der Waals surface area contributed by atoms with Crippen LogP contribution in [0.15, 0.2) is 35.6 Å². The summed E-state index contributed by atoms with van der Waals surface area (Å²) in [6.45, 7) is 4.74. The first-order valence-electron chi connectivity index (χ1n) is 10.0. The van der Waals surface area contributed by atoms with Crippen LogP contribution < -0.4 is 5.32 Å². The number of aliphatic imine (C=N–C) groups is 1. The predicted octanol–water partition coefficient (Wildman–Crippen LogP) is 2.76. The topological polar surface area (TPSA) is 48.7 Å². The number of nitrogens with one attached hydrogen (secondary N) is 1. The van der Waals surface area contributed by atoms with E-state index in [1.54, 1.807) is 4.90 Å². The normalized spacial score (nSPS) is 18.5. The average molecular weight is 405 g/mol. The van der Waals surface area contributed by atoms with Crippen LogP contribution in [0.5, 0.6) is 0 Å². The number of likely N-dealkylation sites (N-methyl/N-ethyl adjacent to an activating group) is 1. The molecule has 2 heterocycles. The molecule has 1 aromatic heterocycles. The lowest BCUT2D eigenvalue weighted by Gasteiger charge is -2.26. The first kappa shape index (κ1) is 21.2. The molecular formula is C21H30F2N6. The molecule has 3 rings (SSSR count). The Bertz CT molecular complexity index is 827. The minimum Gasteiger partial charge on any atom is -0.357 e. The van der Waals surface area contributed by atoms with E-state index in [2.05, 4.69) is 21.5 Å². The smallest absolute Gasteiger partial charge is 0.194 e. The molecule has 1 saturated heterocycles. The summed E-state index contributed by atoms with van der Waals surface area (Å²) in [6.07, 6.45) is 5.00. The van der Waals surface area contributed by atoms with Gasteiger partial charge in [0.1, 0.15) is 11.6 Å². The lowest BCUT2D eigenvalue weighted by molar-refractivity contribution is 0.289.